The zero-order valence-electron chi connectivity index (χ0n) is 25.5. The lowest BCUT2D eigenvalue weighted by Gasteiger charge is -2.23. The first-order valence-corrected chi connectivity index (χ1v) is 16.0. The predicted molar refractivity (Wildman–Crippen MR) is 175 cm³/mol. The smallest absolute Gasteiger partial charge is 0.269 e. The molecule has 7 aromatic rings. The van der Waals surface area contributed by atoms with Crippen LogP contribution in [0.25, 0.3) is 31.1 Å². The minimum absolute atomic E-state index is 0.00705. The largest absolute Gasteiger partial charge is 0.486 e. The summed E-state index contributed by atoms with van der Waals surface area (Å²) in [5.41, 5.74) is 2.10. The molecular weight excluding hydrogens is 661 g/mol. The number of fused-ring (bicyclic) bond motifs is 2. The Morgan fingerprint density at radius 1 is 0.688 bits per heavy atom. The Bertz CT molecular complexity index is 2300. The summed E-state index contributed by atoms with van der Waals surface area (Å²) in [4.78, 5) is 22.3. The van der Waals surface area contributed by atoms with Crippen molar-refractivity contribution in [1.82, 2.24) is 39.6 Å². The Balaban J connectivity index is 1.06. The molecule has 0 unspecified atom stereocenters. The van der Waals surface area contributed by atoms with Crippen molar-refractivity contribution in [1.29, 1.82) is 0 Å². The molecule has 0 saturated heterocycles. The lowest BCUT2D eigenvalue weighted by molar-refractivity contribution is -0.385. The fraction of sp³-hybridized carbons (Fsp3) is 0.200. The maximum atomic E-state index is 11.0. The molecule has 4 heterocycles. The van der Waals surface area contributed by atoms with Crippen molar-refractivity contribution in [2.45, 2.75) is 39.4 Å². The van der Waals surface area contributed by atoms with E-state index in [1.165, 1.54) is 46.9 Å². The number of aromatic nitrogens is 8. The van der Waals surface area contributed by atoms with Crippen LogP contribution in [0.5, 0.6) is 11.5 Å². The number of rotatable bonds is 10. The molecule has 0 saturated carbocycles. The third-order valence-corrected chi connectivity index (χ3v) is 9.14. The van der Waals surface area contributed by atoms with Crippen LogP contribution in [0.2, 0.25) is 0 Å². The van der Waals surface area contributed by atoms with Crippen LogP contribution < -0.4 is 9.47 Å². The molecule has 0 aliphatic heterocycles. The average molecular weight is 685 g/mol. The van der Waals surface area contributed by atoms with Gasteiger partial charge in [0.25, 0.3) is 11.4 Å². The van der Waals surface area contributed by atoms with Crippen LogP contribution in [-0.2, 0) is 18.6 Å². The maximum absolute atomic E-state index is 11.0. The van der Waals surface area contributed by atoms with Gasteiger partial charge in [-0.25, -0.2) is 0 Å². The van der Waals surface area contributed by atoms with Crippen molar-refractivity contribution in [3.05, 3.63) is 104 Å². The minimum Gasteiger partial charge on any atom is -0.486 e. The van der Waals surface area contributed by atoms with Crippen LogP contribution >= 0.6 is 22.7 Å². The van der Waals surface area contributed by atoms with Gasteiger partial charge in [-0.2, -0.15) is 19.2 Å². The van der Waals surface area contributed by atoms with E-state index in [9.17, 15) is 20.2 Å². The summed E-state index contributed by atoms with van der Waals surface area (Å²) in [5, 5.41) is 49.4. The summed E-state index contributed by atoms with van der Waals surface area (Å²) in [6.07, 6.45) is 0. The Morgan fingerprint density at radius 3 is 1.62 bits per heavy atom. The van der Waals surface area contributed by atoms with Crippen molar-refractivity contribution in [3.8, 4) is 32.6 Å². The molecule has 0 fully saturated rings. The monoisotopic (exact) mass is 684 g/mol. The van der Waals surface area contributed by atoms with Crippen molar-refractivity contribution < 1.29 is 19.3 Å². The average Bonchev–Trinajstić information content (AvgIpc) is 3.85. The molecule has 0 radical (unpaired) electrons. The van der Waals surface area contributed by atoms with E-state index in [0.717, 1.165) is 16.7 Å². The first-order chi connectivity index (χ1) is 23.0. The molecule has 242 valence electrons. The zero-order valence-corrected chi connectivity index (χ0v) is 27.1. The molecular formula is C30H24N10O6S2. The molecule has 0 atom stereocenters. The van der Waals surface area contributed by atoms with Crippen LogP contribution in [0.1, 0.15) is 38.0 Å². The van der Waals surface area contributed by atoms with E-state index in [-0.39, 0.29) is 30.0 Å². The summed E-state index contributed by atoms with van der Waals surface area (Å²) in [6.45, 7) is 6.42. The van der Waals surface area contributed by atoms with Gasteiger partial charge in [-0.1, -0.05) is 43.4 Å². The van der Waals surface area contributed by atoms with Crippen LogP contribution in [0.15, 0.2) is 66.7 Å². The molecule has 4 aromatic heterocycles. The highest BCUT2D eigenvalue weighted by atomic mass is 32.1. The van der Waals surface area contributed by atoms with Gasteiger partial charge in [0.05, 0.1) is 9.85 Å². The molecule has 0 spiro atoms. The van der Waals surface area contributed by atoms with Crippen molar-refractivity contribution in [2.24, 2.45) is 0 Å². The first kappa shape index (κ1) is 30.8. The number of hydrogen-bond acceptors (Lipinski definition) is 14. The highest BCUT2D eigenvalue weighted by Crippen LogP contribution is 2.36. The number of hydrogen-bond donors (Lipinski definition) is 0. The SMILES string of the molecule is CC(C)(C)c1cc(OCc2nnc3sc(-c4ccc([N+](=O)[O-])cc4)nn23)ccc1OCc1nnc2sc(-c3ccc([N+](=O)[O-])cc3)nn12. The zero-order chi connectivity index (χ0) is 33.6. The van der Waals surface area contributed by atoms with E-state index in [1.54, 1.807) is 39.4 Å². The molecule has 3 aromatic carbocycles. The van der Waals surface area contributed by atoms with Gasteiger partial charge in [-0.3, -0.25) is 20.2 Å². The number of benzene rings is 3. The van der Waals surface area contributed by atoms with Crippen molar-refractivity contribution in [2.75, 3.05) is 0 Å². The second-order valence-corrected chi connectivity index (χ2v) is 13.4. The molecule has 16 nitrogen and oxygen atoms in total. The highest BCUT2D eigenvalue weighted by molar-refractivity contribution is 7.20. The summed E-state index contributed by atoms with van der Waals surface area (Å²) in [5.74, 6) is 2.25. The molecule has 0 aliphatic carbocycles. The predicted octanol–water partition coefficient (Wildman–Crippen LogP) is 6.29. The van der Waals surface area contributed by atoms with E-state index >= 15 is 0 Å². The maximum Gasteiger partial charge on any atom is 0.269 e. The second kappa shape index (κ2) is 12.0. The van der Waals surface area contributed by atoms with Gasteiger partial charge < -0.3 is 9.47 Å². The topological polar surface area (TPSA) is 191 Å². The molecule has 7 rings (SSSR count). The van der Waals surface area contributed by atoms with Crippen molar-refractivity contribution in [3.63, 3.8) is 0 Å². The van der Waals surface area contributed by atoms with Crippen LogP contribution in [-0.4, -0.2) is 49.5 Å². The standard InChI is InChI=1S/C30H24N10O6S2/c1-30(2,3)22-14-21(45-15-24-31-33-28-37(24)35-26(47-28)17-4-8-19(9-5-17)39(41)42)12-13-23(22)46-16-25-32-34-29-38(25)36-27(48-29)18-6-10-20(11-7-18)40(43)44/h4-14H,15-16H2,1-3H3. The van der Waals surface area contributed by atoms with Gasteiger partial charge in [0.1, 0.15) is 34.7 Å². The fourth-order valence-electron chi connectivity index (χ4n) is 4.78. The summed E-state index contributed by atoms with van der Waals surface area (Å²) >= 11 is 2.64. The lowest BCUT2D eigenvalue weighted by atomic mass is 9.86. The summed E-state index contributed by atoms with van der Waals surface area (Å²) in [7, 11) is 0. The number of ether oxygens (including phenoxy) is 2. The van der Waals surface area contributed by atoms with Gasteiger partial charge in [0.2, 0.25) is 9.92 Å². The number of nitro benzene ring substituents is 2. The quantitative estimate of drug-likeness (QED) is 0.116. The number of non-ortho nitro benzene ring substituents is 2. The first-order valence-electron chi connectivity index (χ1n) is 14.4. The molecule has 0 amide bonds. The lowest BCUT2D eigenvalue weighted by Crippen LogP contribution is -2.14. The Hall–Kier alpha value is -5.88. The molecule has 0 N–H and O–H groups in total. The Labute approximate surface area is 278 Å². The van der Waals surface area contributed by atoms with E-state index in [1.807, 2.05) is 12.1 Å². The normalized spacial score (nSPS) is 11.7. The number of nitro groups is 2. The molecule has 18 heteroatoms. The van der Waals surface area contributed by atoms with Crippen LogP contribution in [0.3, 0.4) is 0 Å². The Morgan fingerprint density at radius 2 is 1.17 bits per heavy atom. The minimum atomic E-state index is -0.444. The molecule has 48 heavy (non-hydrogen) atoms. The molecule has 0 bridgehead atoms. The second-order valence-electron chi connectivity index (χ2n) is 11.5. The van der Waals surface area contributed by atoms with Gasteiger partial charge in [0.15, 0.2) is 11.6 Å². The van der Waals surface area contributed by atoms with Gasteiger partial charge in [-0.15, -0.1) is 20.4 Å². The third-order valence-electron chi connectivity index (χ3n) is 7.24. The van der Waals surface area contributed by atoms with Gasteiger partial charge >= 0.3 is 0 Å². The third kappa shape index (κ3) is 6.00. The fourth-order valence-corrected chi connectivity index (χ4v) is 6.51. The van der Waals surface area contributed by atoms with Crippen molar-refractivity contribution >= 4 is 44.0 Å². The highest BCUT2D eigenvalue weighted by Gasteiger charge is 2.22. The summed E-state index contributed by atoms with van der Waals surface area (Å²) < 4.78 is 15.6. The van der Waals surface area contributed by atoms with E-state index in [0.29, 0.717) is 43.1 Å². The van der Waals surface area contributed by atoms with E-state index in [4.69, 9.17) is 9.47 Å². The van der Waals surface area contributed by atoms with E-state index in [2.05, 4.69) is 51.4 Å². The van der Waals surface area contributed by atoms with Gasteiger partial charge in [-0.05, 0) is 47.9 Å². The molecule has 0 aliphatic rings. The van der Waals surface area contributed by atoms with Gasteiger partial charge in [0, 0.05) is 41.0 Å². The summed E-state index contributed by atoms with van der Waals surface area (Å²) in [6, 6.07) is 17.9. The van der Waals surface area contributed by atoms with Crippen LogP contribution in [0.4, 0.5) is 11.4 Å². The van der Waals surface area contributed by atoms with E-state index < -0.39 is 9.85 Å². The Kier molecular flexibility index (Phi) is 7.72. The van der Waals surface area contributed by atoms with Crippen LogP contribution in [0, 0.1) is 20.2 Å². The number of nitrogens with zero attached hydrogens (tertiary/aromatic N) is 10.